The average molecular weight is 152 g/mol. The van der Waals surface area contributed by atoms with Crippen LogP contribution in [0, 0.1) is 0 Å². The van der Waals surface area contributed by atoms with Gasteiger partial charge in [0.1, 0.15) is 0 Å². The fourth-order valence-corrected chi connectivity index (χ4v) is 0.796. The van der Waals surface area contributed by atoms with Crippen LogP contribution in [0.2, 0.25) is 0 Å². The van der Waals surface area contributed by atoms with Crippen molar-refractivity contribution in [1.29, 1.82) is 0 Å². The Kier molecular flexibility index (Phi) is 4.55. The number of rotatable bonds is 4. The third kappa shape index (κ3) is 5.62. The summed E-state index contributed by atoms with van der Waals surface area (Å²) in [7, 11) is 0. The van der Waals surface area contributed by atoms with Gasteiger partial charge >= 0.3 is 0 Å². The Balaban J connectivity index is 3.87. The van der Waals surface area contributed by atoms with Crippen LogP contribution in [-0.2, 0) is 0 Å². The average Bonchev–Trinajstić information content (AvgIpc) is 1.85. The number of hydrogen-bond acceptors (Lipinski definition) is 1. The van der Waals surface area contributed by atoms with E-state index in [1.165, 1.54) is 0 Å². The Morgan fingerprint density at radius 3 is 2.45 bits per heavy atom. The van der Waals surface area contributed by atoms with Crippen LogP contribution in [0.15, 0.2) is 36.5 Å². The standard InChI is InChI=1S/C10H16O/c1-5-9(4)7-10(11)6-8(2)3/h5-6,10-11H,1,4,7H2,2-3H3/t10-/m0/s1. The number of aliphatic hydroxyl groups is 1. The van der Waals surface area contributed by atoms with Gasteiger partial charge in [-0.05, 0) is 13.8 Å². The van der Waals surface area contributed by atoms with Crippen LogP contribution in [0.1, 0.15) is 20.3 Å². The van der Waals surface area contributed by atoms with Gasteiger partial charge in [-0.2, -0.15) is 0 Å². The van der Waals surface area contributed by atoms with E-state index in [1.54, 1.807) is 6.08 Å². The molecule has 0 heterocycles. The molecule has 1 nitrogen and oxygen atoms in total. The molecule has 1 N–H and O–H groups in total. The molecule has 0 rings (SSSR count). The summed E-state index contributed by atoms with van der Waals surface area (Å²) in [6.45, 7) is 11.2. The molecule has 0 fully saturated rings. The maximum absolute atomic E-state index is 9.34. The molecule has 1 atom stereocenters. The highest BCUT2D eigenvalue weighted by atomic mass is 16.3. The predicted molar refractivity (Wildman–Crippen MR) is 49.4 cm³/mol. The minimum atomic E-state index is -0.412. The van der Waals surface area contributed by atoms with Crippen LogP contribution >= 0.6 is 0 Å². The topological polar surface area (TPSA) is 20.2 Å². The van der Waals surface area contributed by atoms with E-state index in [4.69, 9.17) is 0 Å². The van der Waals surface area contributed by atoms with E-state index >= 15 is 0 Å². The summed E-state index contributed by atoms with van der Waals surface area (Å²) in [6, 6.07) is 0. The van der Waals surface area contributed by atoms with Crippen LogP contribution in [0.25, 0.3) is 0 Å². The van der Waals surface area contributed by atoms with E-state index in [0.717, 1.165) is 11.1 Å². The van der Waals surface area contributed by atoms with Crippen molar-refractivity contribution in [3.8, 4) is 0 Å². The molecule has 62 valence electrons. The van der Waals surface area contributed by atoms with E-state index in [2.05, 4.69) is 13.2 Å². The van der Waals surface area contributed by atoms with Gasteiger partial charge in [0.2, 0.25) is 0 Å². The lowest BCUT2D eigenvalue weighted by molar-refractivity contribution is 0.224. The quantitative estimate of drug-likeness (QED) is 0.484. The molecule has 0 unspecified atom stereocenters. The maximum Gasteiger partial charge on any atom is 0.0763 e. The van der Waals surface area contributed by atoms with E-state index in [0.29, 0.717) is 6.42 Å². The number of aliphatic hydroxyl groups excluding tert-OH is 1. The van der Waals surface area contributed by atoms with E-state index < -0.39 is 6.10 Å². The summed E-state index contributed by atoms with van der Waals surface area (Å²) in [5, 5.41) is 9.34. The molecule has 0 aliphatic heterocycles. The summed E-state index contributed by atoms with van der Waals surface area (Å²) < 4.78 is 0. The fraction of sp³-hybridized carbons (Fsp3) is 0.400. The second kappa shape index (κ2) is 4.91. The van der Waals surface area contributed by atoms with Crippen LogP contribution in [-0.4, -0.2) is 11.2 Å². The molecule has 0 bridgehead atoms. The van der Waals surface area contributed by atoms with Crippen molar-refractivity contribution in [1.82, 2.24) is 0 Å². The molecule has 0 aliphatic carbocycles. The molecule has 0 saturated heterocycles. The zero-order chi connectivity index (χ0) is 8.85. The maximum atomic E-state index is 9.34. The van der Waals surface area contributed by atoms with Gasteiger partial charge in [-0.1, -0.05) is 36.5 Å². The molecule has 0 aromatic carbocycles. The summed E-state index contributed by atoms with van der Waals surface area (Å²) in [4.78, 5) is 0. The van der Waals surface area contributed by atoms with Crippen LogP contribution in [0.3, 0.4) is 0 Å². The molecule has 0 radical (unpaired) electrons. The molecular formula is C10H16O. The summed E-state index contributed by atoms with van der Waals surface area (Å²) in [6.07, 6.45) is 3.65. The monoisotopic (exact) mass is 152 g/mol. The van der Waals surface area contributed by atoms with Crippen molar-refractivity contribution in [3.63, 3.8) is 0 Å². The van der Waals surface area contributed by atoms with Crippen LogP contribution in [0.4, 0.5) is 0 Å². The van der Waals surface area contributed by atoms with Crippen molar-refractivity contribution in [2.45, 2.75) is 26.4 Å². The Morgan fingerprint density at radius 1 is 1.55 bits per heavy atom. The summed E-state index contributed by atoms with van der Waals surface area (Å²) in [5.41, 5.74) is 1.99. The first-order valence-electron chi connectivity index (χ1n) is 3.69. The fourth-order valence-electron chi connectivity index (χ4n) is 0.796. The molecule has 0 saturated carbocycles. The zero-order valence-corrected chi connectivity index (χ0v) is 7.30. The van der Waals surface area contributed by atoms with Gasteiger partial charge in [0.05, 0.1) is 6.10 Å². The lowest BCUT2D eigenvalue weighted by Gasteiger charge is -2.05. The Hall–Kier alpha value is -0.820. The highest BCUT2D eigenvalue weighted by Crippen LogP contribution is 2.06. The second-order valence-corrected chi connectivity index (χ2v) is 2.88. The number of allylic oxidation sites excluding steroid dienone is 2. The Morgan fingerprint density at radius 2 is 2.09 bits per heavy atom. The number of hydrogen-bond donors (Lipinski definition) is 1. The lowest BCUT2D eigenvalue weighted by Crippen LogP contribution is -2.02. The third-order valence-corrected chi connectivity index (χ3v) is 1.29. The van der Waals surface area contributed by atoms with Crippen molar-refractivity contribution >= 4 is 0 Å². The molecular weight excluding hydrogens is 136 g/mol. The first-order chi connectivity index (χ1) is 5.06. The van der Waals surface area contributed by atoms with Crippen molar-refractivity contribution in [2.24, 2.45) is 0 Å². The molecule has 0 aliphatic rings. The molecule has 0 aromatic heterocycles. The normalized spacial score (nSPS) is 11.9. The van der Waals surface area contributed by atoms with Gasteiger partial charge in [-0.15, -0.1) is 0 Å². The van der Waals surface area contributed by atoms with Gasteiger partial charge in [0.25, 0.3) is 0 Å². The highest BCUT2D eigenvalue weighted by Gasteiger charge is 1.99. The molecule has 1 heteroatoms. The van der Waals surface area contributed by atoms with Gasteiger partial charge < -0.3 is 5.11 Å². The van der Waals surface area contributed by atoms with Crippen LogP contribution < -0.4 is 0 Å². The zero-order valence-electron chi connectivity index (χ0n) is 7.30. The minimum Gasteiger partial charge on any atom is -0.389 e. The summed E-state index contributed by atoms with van der Waals surface area (Å²) >= 11 is 0. The molecule has 0 aromatic rings. The first-order valence-corrected chi connectivity index (χ1v) is 3.69. The first kappa shape index (κ1) is 10.2. The van der Waals surface area contributed by atoms with Gasteiger partial charge in [0.15, 0.2) is 0 Å². The molecule has 0 spiro atoms. The predicted octanol–water partition coefficient (Wildman–Crippen LogP) is 2.45. The Bertz CT molecular complexity index is 173. The lowest BCUT2D eigenvalue weighted by atomic mass is 10.1. The van der Waals surface area contributed by atoms with Gasteiger partial charge in [-0.3, -0.25) is 0 Å². The smallest absolute Gasteiger partial charge is 0.0763 e. The van der Waals surface area contributed by atoms with E-state index in [-0.39, 0.29) is 0 Å². The highest BCUT2D eigenvalue weighted by molar-refractivity contribution is 5.14. The van der Waals surface area contributed by atoms with E-state index in [9.17, 15) is 5.11 Å². The SMILES string of the molecule is C=CC(=C)C[C@@H](O)C=C(C)C. The van der Waals surface area contributed by atoms with Crippen LogP contribution in [0.5, 0.6) is 0 Å². The van der Waals surface area contributed by atoms with Gasteiger partial charge in [-0.25, -0.2) is 0 Å². The van der Waals surface area contributed by atoms with Gasteiger partial charge in [0, 0.05) is 6.42 Å². The molecule has 11 heavy (non-hydrogen) atoms. The Labute approximate surface area is 68.7 Å². The molecule has 0 amide bonds. The second-order valence-electron chi connectivity index (χ2n) is 2.88. The van der Waals surface area contributed by atoms with Crippen molar-refractivity contribution < 1.29 is 5.11 Å². The minimum absolute atomic E-state index is 0.412. The van der Waals surface area contributed by atoms with Crippen molar-refractivity contribution in [2.75, 3.05) is 0 Å². The largest absolute Gasteiger partial charge is 0.389 e. The van der Waals surface area contributed by atoms with Crippen molar-refractivity contribution in [3.05, 3.63) is 36.5 Å². The summed E-state index contributed by atoms with van der Waals surface area (Å²) in [5.74, 6) is 0. The third-order valence-electron chi connectivity index (χ3n) is 1.29. The van der Waals surface area contributed by atoms with E-state index in [1.807, 2.05) is 19.9 Å².